The third-order valence-electron chi connectivity index (χ3n) is 2.58. The fourth-order valence-electron chi connectivity index (χ4n) is 1.59. The Bertz CT molecular complexity index is 509. The maximum atomic E-state index is 10.9. The summed E-state index contributed by atoms with van der Waals surface area (Å²) in [5.74, 6) is -5.81. The van der Waals surface area contributed by atoms with E-state index in [1.807, 2.05) is 0 Å². The number of aliphatic hydroxyl groups is 1. The lowest BCUT2D eigenvalue weighted by molar-refractivity contribution is -0.159. The third kappa shape index (κ3) is 3.78. The summed E-state index contributed by atoms with van der Waals surface area (Å²) in [4.78, 5) is 32.3. The summed E-state index contributed by atoms with van der Waals surface area (Å²) in [6.07, 6.45) is -2.32. The molecular formula is C12H12O7. The Morgan fingerprint density at radius 1 is 1.05 bits per heavy atom. The first-order chi connectivity index (χ1) is 8.82. The second kappa shape index (κ2) is 5.96. The Kier molecular flexibility index (Phi) is 4.60. The van der Waals surface area contributed by atoms with Crippen molar-refractivity contribution in [3.05, 3.63) is 35.4 Å². The van der Waals surface area contributed by atoms with Crippen LogP contribution in [0.3, 0.4) is 0 Å². The van der Waals surface area contributed by atoms with Crippen LogP contribution in [0.25, 0.3) is 0 Å². The van der Waals surface area contributed by atoms with Gasteiger partial charge in [0.1, 0.15) is 0 Å². The minimum absolute atomic E-state index is 0.0357. The van der Waals surface area contributed by atoms with Gasteiger partial charge in [0.15, 0.2) is 6.10 Å². The molecule has 0 bridgehead atoms. The van der Waals surface area contributed by atoms with Gasteiger partial charge in [-0.25, -0.2) is 9.59 Å². The zero-order valence-corrected chi connectivity index (χ0v) is 9.68. The van der Waals surface area contributed by atoms with E-state index in [0.29, 0.717) is 5.56 Å². The van der Waals surface area contributed by atoms with Gasteiger partial charge in [-0.3, -0.25) is 4.79 Å². The summed E-state index contributed by atoms with van der Waals surface area (Å²) in [6.45, 7) is 0. The van der Waals surface area contributed by atoms with Gasteiger partial charge in [-0.15, -0.1) is 0 Å². The number of rotatable bonds is 6. The van der Waals surface area contributed by atoms with Gasteiger partial charge in [0.2, 0.25) is 0 Å². The lowest BCUT2D eigenvalue weighted by Crippen LogP contribution is -2.36. The highest BCUT2D eigenvalue weighted by molar-refractivity contribution is 5.87. The summed E-state index contributed by atoms with van der Waals surface area (Å²) < 4.78 is 0. The zero-order valence-electron chi connectivity index (χ0n) is 9.68. The van der Waals surface area contributed by atoms with Crippen LogP contribution in [0.1, 0.15) is 15.9 Å². The van der Waals surface area contributed by atoms with Crippen LogP contribution in [-0.4, -0.2) is 44.4 Å². The van der Waals surface area contributed by atoms with E-state index in [4.69, 9.17) is 15.3 Å². The van der Waals surface area contributed by atoms with Crippen molar-refractivity contribution in [2.24, 2.45) is 5.92 Å². The highest BCUT2D eigenvalue weighted by Gasteiger charge is 2.32. The number of aromatic carboxylic acids is 1. The van der Waals surface area contributed by atoms with Crippen molar-refractivity contribution in [3.63, 3.8) is 0 Å². The molecule has 0 radical (unpaired) electrons. The minimum Gasteiger partial charge on any atom is -0.481 e. The first-order valence-corrected chi connectivity index (χ1v) is 5.29. The Balaban J connectivity index is 2.97. The lowest BCUT2D eigenvalue weighted by Gasteiger charge is -2.15. The normalized spacial score (nSPS) is 13.5. The molecule has 0 heterocycles. The average Bonchev–Trinajstić information content (AvgIpc) is 2.35. The van der Waals surface area contributed by atoms with Gasteiger partial charge in [0.25, 0.3) is 0 Å². The zero-order chi connectivity index (χ0) is 14.6. The number of aliphatic carboxylic acids is 2. The predicted molar refractivity (Wildman–Crippen MR) is 61.9 cm³/mol. The minimum atomic E-state index is -2.05. The fourth-order valence-corrected chi connectivity index (χ4v) is 1.59. The van der Waals surface area contributed by atoms with Crippen molar-refractivity contribution in [1.29, 1.82) is 0 Å². The Morgan fingerprint density at radius 3 is 2.16 bits per heavy atom. The van der Waals surface area contributed by atoms with Gasteiger partial charge >= 0.3 is 17.9 Å². The van der Waals surface area contributed by atoms with E-state index in [1.165, 1.54) is 24.3 Å². The topological polar surface area (TPSA) is 132 Å². The number of carbonyl (C=O) groups is 3. The molecule has 0 unspecified atom stereocenters. The molecule has 1 rings (SSSR count). The molecule has 0 aromatic heterocycles. The van der Waals surface area contributed by atoms with E-state index in [-0.39, 0.29) is 12.0 Å². The van der Waals surface area contributed by atoms with Crippen LogP contribution in [0.15, 0.2) is 24.3 Å². The highest BCUT2D eigenvalue weighted by Crippen LogP contribution is 2.15. The quantitative estimate of drug-likeness (QED) is 0.574. The number of aliphatic hydroxyl groups excluding tert-OH is 1. The van der Waals surface area contributed by atoms with Crippen molar-refractivity contribution in [2.75, 3.05) is 0 Å². The summed E-state index contributed by atoms with van der Waals surface area (Å²) in [5, 5.41) is 35.6. The van der Waals surface area contributed by atoms with Gasteiger partial charge in [-0.2, -0.15) is 0 Å². The second-order valence-corrected chi connectivity index (χ2v) is 3.94. The van der Waals surface area contributed by atoms with Crippen LogP contribution in [0.5, 0.6) is 0 Å². The summed E-state index contributed by atoms with van der Waals surface area (Å²) in [6, 6.07) is 5.46. The smallest absolute Gasteiger partial charge is 0.335 e. The molecular weight excluding hydrogens is 256 g/mol. The van der Waals surface area contributed by atoms with Crippen molar-refractivity contribution >= 4 is 17.9 Å². The average molecular weight is 268 g/mol. The van der Waals surface area contributed by atoms with E-state index in [1.54, 1.807) is 0 Å². The molecule has 0 fully saturated rings. The molecule has 0 aliphatic rings. The van der Waals surface area contributed by atoms with Crippen LogP contribution >= 0.6 is 0 Å². The Hall–Kier alpha value is -2.41. The molecule has 0 saturated carbocycles. The number of hydrogen-bond donors (Lipinski definition) is 4. The molecule has 0 spiro atoms. The third-order valence-corrected chi connectivity index (χ3v) is 2.58. The molecule has 102 valence electrons. The van der Waals surface area contributed by atoms with E-state index in [2.05, 4.69) is 0 Å². The predicted octanol–water partition coefficient (Wildman–Crippen LogP) is 0.0736. The van der Waals surface area contributed by atoms with Crippen LogP contribution in [0, 0.1) is 5.92 Å². The van der Waals surface area contributed by atoms with Crippen LogP contribution < -0.4 is 0 Å². The van der Waals surface area contributed by atoms with Gasteiger partial charge < -0.3 is 20.4 Å². The molecule has 1 aromatic carbocycles. The lowest BCUT2D eigenvalue weighted by atomic mass is 9.93. The van der Waals surface area contributed by atoms with E-state index >= 15 is 0 Å². The first-order valence-electron chi connectivity index (χ1n) is 5.29. The van der Waals surface area contributed by atoms with Crippen LogP contribution in [-0.2, 0) is 16.0 Å². The monoisotopic (exact) mass is 268 g/mol. The Morgan fingerprint density at radius 2 is 1.68 bits per heavy atom. The van der Waals surface area contributed by atoms with E-state index in [0.717, 1.165) is 0 Å². The molecule has 4 N–H and O–H groups in total. The van der Waals surface area contributed by atoms with Crippen LogP contribution in [0.4, 0.5) is 0 Å². The summed E-state index contributed by atoms with van der Waals surface area (Å²) >= 11 is 0. The summed E-state index contributed by atoms with van der Waals surface area (Å²) in [5.41, 5.74) is 0.291. The van der Waals surface area contributed by atoms with Gasteiger partial charge in [0.05, 0.1) is 11.5 Å². The maximum Gasteiger partial charge on any atom is 0.335 e. The van der Waals surface area contributed by atoms with Crippen molar-refractivity contribution in [3.8, 4) is 0 Å². The van der Waals surface area contributed by atoms with Gasteiger partial charge in [-0.1, -0.05) is 12.1 Å². The van der Waals surface area contributed by atoms with Gasteiger partial charge in [-0.05, 0) is 24.1 Å². The van der Waals surface area contributed by atoms with Crippen molar-refractivity contribution < 1.29 is 34.8 Å². The standard InChI is InChI=1S/C12H12O7/c13-9(12(18)19)8(11(16)17)5-6-2-1-3-7(4-6)10(14)15/h1-4,8-9,13H,5H2,(H,14,15)(H,16,17)(H,18,19)/t8-,9+/m0/s1. The number of benzene rings is 1. The highest BCUT2D eigenvalue weighted by atomic mass is 16.4. The number of carboxylic acids is 3. The van der Waals surface area contributed by atoms with E-state index < -0.39 is 29.9 Å². The van der Waals surface area contributed by atoms with Crippen LogP contribution in [0.2, 0.25) is 0 Å². The van der Waals surface area contributed by atoms with Crippen molar-refractivity contribution in [2.45, 2.75) is 12.5 Å². The largest absolute Gasteiger partial charge is 0.481 e. The molecule has 1 aromatic rings. The fraction of sp³-hybridized carbons (Fsp3) is 0.250. The van der Waals surface area contributed by atoms with Gasteiger partial charge in [0, 0.05) is 0 Å². The Labute approximate surface area is 107 Å². The molecule has 0 saturated heterocycles. The SMILES string of the molecule is O=C(O)c1cccc(C[C@H](C(=O)O)[C@@H](O)C(=O)O)c1. The molecule has 0 aliphatic heterocycles. The number of carboxylic acid groups (broad SMARTS) is 3. The molecule has 0 amide bonds. The first kappa shape index (κ1) is 14.7. The molecule has 19 heavy (non-hydrogen) atoms. The molecule has 7 nitrogen and oxygen atoms in total. The molecule has 7 heteroatoms. The number of hydrogen-bond acceptors (Lipinski definition) is 4. The second-order valence-electron chi connectivity index (χ2n) is 3.94. The molecule has 2 atom stereocenters. The molecule has 0 aliphatic carbocycles. The maximum absolute atomic E-state index is 10.9. The van der Waals surface area contributed by atoms with E-state index in [9.17, 15) is 19.5 Å². The van der Waals surface area contributed by atoms with Crippen molar-refractivity contribution in [1.82, 2.24) is 0 Å². The summed E-state index contributed by atoms with van der Waals surface area (Å²) in [7, 11) is 0.